The molecule has 0 spiro atoms. The van der Waals surface area contributed by atoms with Gasteiger partial charge in [-0.2, -0.15) is 0 Å². The van der Waals surface area contributed by atoms with Crippen LogP contribution in [0.1, 0.15) is 30.9 Å². The monoisotopic (exact) mass is 226 g/mol. The largest absolute Gasteiger partial charge is 0.388 e. The van der Waals surface area contributed by atoms with E-state index in [2.05, 4.69) is 0 Å². The lowest BCUT2D eigenvalue weighted by molar-refractivity contribution is 0.0535. The van der Waals surface area contributed by atoms with Crippen LogP contribution in [-0.4, -0.2) is 17.8 Å². The van der Waals surface area contributed by atoms with Crippen molar-refractivity contribution in [2.24, 2.45) is 0 Å². The lowest BCUT2D eigenvalue weighted by Crippen LogP contribution is -2.11. The second-order valence-electron chi connectivity index (χ2n) is 3.91. The van der Waals surface area contributed by atoms with Crippen molar-refractivity contribution < 1.29 is 9.84 Å². The van der Waals surface area contributed by atoms with E-state index in [9.17, 15) is 5.11 Å². The second kappa shape index (κ2) is 4.97. The summed E-state index contributed by atoms with van der Waals surface area (Å²) in [7, 11) is 0. The fraction of sp³-hybridized carbons (Fsp3) is 0.500. The molecule has 0 aliphatic carbocycles. The zero-order chi connectivity index (χ0) is 10.7. The topological polar surface area (TPSA) is 29.5 Å². The number of ether oxygens (including phenoxy) is 1. The molecule has 1 aliphatic heterocycles. The standard InChI is InChI=1S/C12H15ClO2/c13-11-6-2-1-5-10(11)12(14)8-9-4-3-7-15-9/h1-2,5-6,9,12,14H,3-4,7-8H2. The van der Waals surface area contributed by atoms with Crippen LogP contribution in [0.4, 0.5) is 0 Å². The molecule has 3 heteroatoms. The van der Waals surface area contributed by atoms with Gasteiger partial charge in [-0.05, 0) is 24.5 Å². The average Bonchev–Trinajstić information content (AvgIpc) is 2.71. The first-order valence-corrected chi connectivity index (χ1v) is 5.69. The summed E-state index contributed by atoms with van der Waals surface area (Å²) in [5.74, 6) is 0. The zero-order valence-corrected chi connectivity index (χ0v) is 9.28. The first kappa shape index (κ1) is 10.9. The van der Waals surface area contributed by atoms with E-state index in [1.54, 1.807) is 6.07 Å². The molecule has 0 radical (unpaired) electrons. The molecule has 2 unspecified atom stereocenters. The fourth-order valence-electron chi connectivity index (χ4n) is 1.95. The lowest BCUT2D eigenvalue weighted by Gasteiger charge is -2.16. The Morgan fingerprint density at radius 1 is 1.47 bits per heavy atom. The molecule has 0 aromatic heterocycles. The molecule has 2 nitrogen and oxygen atoms in total. The molecule has 15 heavy (non-hydrogen) atoms. The minimum absolute atomic E-state index is 0.191. The summed E-state index contributed by atoms with van der Waals surface area (Å²) in [6.45, 7) is 0.819. The second-order valence-corrected chi connectivity index (χ2v) is 4.32. The molecule has 1 N–H and O–H groups in total. The Morgan fingerprint density at radius 3 is 2.93 bits per heavy atom. The molecule has 1 heterocycles. The van der Waals surface area contributed by atoms with Crippen LogP contribution in [0.15, 0.2) is 24.3 Å². The molecule has 1 saturated heterocycles. The number of aliphatic hydroxyl groups excluding tert-OH is 1. The van der Waals surface area contributed by atoms with Gasteiger partial charge in [0, 0.05) is 18.1 Å². The third-order valence-corrected chi connectivity index (χ3v) is 3.12. The number of halogens is 1. The molecular formula is C12H15ClO2. The van der Waals surface area contributed by atoms with E-state index in [1.807, 2.05) is 18.2 Å². The maximum atomic E-state index is 10.00. The van der Waals surface area contributed by atoms with Gasteiger partial charge in [-0.3, -0.25) is 0 Å². The summed E-state index contributed by atoms with van der Waals surface area (Å²) in [5.41, 5.74) is 0.801. The van der Waals surface area contributed by atoms with E-state index in [0.717, 1.165) is 25.0 Å². The highest BCUT2D eigenvalue weighted by atomic mass is 35.5. The van der Waals surface area contributed by atoms with E-state index in [1.165, 1.54) is 0 Å². The van der Waals surface area contributed by atoms with Crippen molar-refractivity contribution in [1.82, 2.24) is 0 Å². The van der Waals surface area contributed by atoms with Crippen LogP contribution < -0.4 is 0 Å². The Balaban J connectivity index is 2.00. The minimum atomic E-state index is -0.512. The van der Waals surface area contributed by atoms with Gasteiger partial charge in [0.15, 0.2) is 0 Å². The van der Waals surface area contributed by atoms with Crippen LogP contribution in [0, 0.1) is 0 Å². The summed E-state index contributed by atoms with van der Waals surface area (Å²) in [5, 5.41) is 10.6. The maximum absolute atomic E-state index is 10.00. The SMILES string of the molecule is OC(CC1CCCO1)c1ccccc1Cl. The van der Waals surface area contributed by atoms with E-state index in [0.29, 0.717) is 11.4 Å². The van der Waals surface area contributed by atoms with Gasteiger partial charge in [-0.25, -0.2) is 0 Å². The van der Waals surface area contributed by atoms with Gasteiger partial charge in [-0.15, -0.1) is 0 Å². The Bertz CT molecular complexity index is 321. The predicted octanol–water partition coefficient (Wildman–Crippen LogP) is 2.94. The smallest absolute Gasteiger partial charge is 0.0829 e. The van der Waals surface area contributed by atoms with Crippen LogP contribution in [0.2, 0.25) is 5.02 Å². The Hall–Kier alpha value is -0.570. The summed E-state index contributed by atoms with van der Waals surface area (Å²) in [4.78, 5) is 0. The first-order chi connectivity index (χ1) is 7.27. The van der Waals surface area contributed by atoms with E-state index in [4.69, 9.17) is 16.3 Å². The van der Waals surface area contributed by atoms with E-state index < -0.39 is 6.10 Å². The van der Waals surface area contributed by atoms with Crippen LogP contribution in [0.5, 0.6) is 0 Å². The summed E-state index contributed by atoms with van der Waals surface area (Å²) >= 11 is 6.00. The predicted molar refractivity (Wildman–Crippen MR) is 60.0 cm³/mol. The number of hydrogen-bond acceptors (Lipinski definition) is 2. The molecule has 0 bridgehead atoms. The number of aliphatic hydroxyl groups is 1. The van der Waals surface area contributed by atoms with E-state index >= 15 is 0 Å². The third kappa shape index (κ3) is 2.71. The number of rotatable bonds is 3. The van der Waals surface area contributed by atoms with Crippen molar-refractivity contribution >= 4 is 11.6 Å². The minimum Gasteiger partial charge on any atom is -0.388 e. The average molecular weight is 227 g/mol. The summed E-state index contributed by atoms with van der Waals surface area (Å²) in [6, 6.07) is 7.42. The van der Waals surface area contributed by atoms with Crippen molar-refractivity contribution in [2.75, 3.05) is 6.61 Å². The highest BCUT2D eigenvalue weighted by Gasteiger charge is 2.21. The van der Waals surface area contributed by atoms with Gasteiger partial charge in [0.05, 0.1) is 12.2 Å². The van der Waals surface area contributed by atoms with E-state index in [-0.39, 0.29) is 6.10 Å². The third-order valence-electron chi connectivity index (χ3n) is 2.77. The molecule has 2 rings (SSSR count). The van der Waals surface area contributed by atoms with Crippen molar-refractivity contribution in [3.05, 3.63) is 34.9 Å². The molecule has 1 fully saturated rings. The molecule has 0 saturated carbocycles. The fourth-order valence-corrected chi connectivity index (χ4v) is 2.21. The van der Waals surface area contributed by atoms with Crippen LogP contribution in [0.3, 0.4) is 0 Å². The van der Waals surface area contributed by atoms with Gasteiger partial charge < -0.3 is 9.84 Å². The molecule has 2 atom stereocenters. The van der Waals surface area contributed by atoms with Gasteiger partial charge in [0.1, 0.15) is 0 Å². The first-order valence-electron chi connectivity index (χ1n) is 5.31. The van der Waals surface area contributed by atoms with Crippen LogP contribution >= 0.6 is 11.6 Å². The Labute approximate surface area is 94.8 Å². The molecule has 0 amide bonds. The quantitative estimate of drug-likeness (QED) is 0.859. The van der Waals surface area contributed by atoms with Crippen molar-refractivity contribution in [1.29, 1.82) is 0 Å². The normalized spacial score (nSPS) is 22.9. The lowest BCUT2D eigenvalue weighted by atomic mass is 10.0. The highest BCUT2D eigenvalue weighted by Crippen LogP contribution is 2.29. The Morgan fingerprint density at radius 2 is 2.27 bits per heavy atom. The molecule has 82 valence electrons. The summed E-state index contributed by atoms with van der Waals surface area (Å²) in [6.07, 6.45) is 2.46. The van der Waals surface area contributed by atoms with Crippen LogP contribution in [-0.2, 0) is 4.74 Å². The zero-order valence-electron chi connectivity index (χ0n) is 8.53. The molecule has 1 aromatic rings. The van der Waals surface area contributed by atoms with Gasteiger partial charge in [-0.1, -0.05) is 29.8 Å². The number of hydrogen-bond donors (Lipinski definition) is 1. The van der Waals surface area contributed by atoms with Crippen molar-refractivity contribution in [2.45, 2.75) is 31.5 Å². The number of benzene rings is 1. The van der Waals surface area contributed by atoms with Crippen molar-refractivity contribution in [3.63, 3.8) is 0 Å². The van der Waals surface area contributed by atoms with Gasteiger partial charge in [0.25, 0.3) is 0 Å². The summed E-state index contributed by atoms with van der Waals surface area (Å²) < 4.78 is 5.48. The van der Waals surface area contributed by atoms with Crippen LogP contribution in [0.25, 0.3) is 0 Å². The highest BCUT2D eigenvalue weighted by molar-refractivity contribution is 6.31. The van der Waals surface area contributed by atoms with Gasteiger partial charge in [0.2, 0.25) is 0 Å². The van der Waals surface area contributed by atoms with Gasteiger partial charge >= 0.3 is 0 Å². The molecular weight excluding hydrogens is 212 g/mol. The maximum Gasteiger partial charge on any atom is 0.0829 e. The molecule has 1 aromatic carbocycles. The Kier molecular flexibility index (Phi) is 3.62. The van der Waals surface area contributed by atoms with Crippen molar-refractivity contribution in [3.8, 4) is 0 Å². The molecule has 1 aliphatic rings.